The summed E-state index contributed by atoms with van der Waals surface area (Å²) in [5, 5.41) is 8.26. The Labute approximate surface area is 211 Å². The highest BCUT2D eigenvalue weighted by atomic mass is 19.1. The van der Waals surface area contributed by atoms with Crippen LogP contribution in [-0.4, -0.2) is 29.1 Å². The molecular weight excluding hydrogens is 453 g/mol. The lowest BCUT2D eigenvalue weighted by Gasteiger charge is -2.31. The molecule has 36 heavy (non-hydrogen) atoms. The third kappa shape index (κ3) is 5.65. The molecule has 3 aromatic carbocycles. The minimum absolute atomic E-state index is 0.182. The maximum atomic E-state index is 13.1. The predicted molar refractivity (Wildman–Crippen MR) is 139 cm³/mol. The maximum absolute atomic E-state index is 13.1. The number of carbonyl (C=O) groups excluding carboxylic acids is 1. The Bertz CT molecular complexity index is 1310. The van der Waals surface area contributed by atoms with E-state index in [0.29, 0.717) is 23.6 Å². The van der Waals surface area contributed by atoms with Crippen LogP contribution >= 0.6 is 0 Å². The summed E-state index contributed by atoms with van der Waals surface area (Å²) in [5.74, 6) is 0.223. The number of rotatable bonds is 8. The molecule has 1 saturated heterocycles. The van der Waals surface area contributed by atoms with E-state index in [9.17, 15) is 9.18 Å². The van der Waals surface area contributed by atoms with E-state index in [-0.39, 0.29) is 11.7 Å². The van der Waals surface area contributed by atoms with Crippen molar-refractivity contribution in [3.8, 4) is 0 Å². The van der Waals surface area contributed by atoms with Gasteiger partial charge >= 0.3 is 0 Å². The van der Waals surface area contributed by atoms with E-state index in [1.165, 1.54) is 30.5 Å². The number of piperidine rings is 1. The first-order valence-corrected chi connectivity index (χ1v) is 12.7. The second-order valence-corrected chi connectivity index (χ2v) is 9.80. The topological polar surface area (TPSA) is 58.4 Å². The first kappa shape index (κ1) is 24.2. The number of nitrogens with zero attached hydrogens (tertiary/aromatic N) is 2. The van der Waals surface area contributed by atoms with Crippen molar-refractivity contribution in [1.82, 2.24) is 15.4 Å². The van der Waals surface area contributed by atoms with Crippen LogP contribution in [0.3, 0.4) is 0 Å². The normalized spacial score (nSPS) is 14.8. The molecule has 1 N–H and O–H groups in total. The number of nitrogens with one attached hydrogen (secondary N) is 1. The molecule has 4 aromatic rings. The molecule has 6 heteroatoms. The van der Waals surface area contributed by atoms with Gasteiger partial charge in [-0.1, -0.05) is 47.6 Å². The Hall–Kier alpha value is -3.51. The number of amides is 1. The Kier molecular flexibility index (Phi) is 7.42. The summed E-state index contributed by atoms with van der Waals surface area (Å²) in [6, 6.07) is 20.6. The fraction of sp³-hybridized carbons (Fsp3) is 0.333. The summed E-state index contributed by atoms with van der Waals surface area (Å²) in [6.45, 7) is 5.53. The molecule has 5 rings (SSSR count). The zero-order chi connectivity index (χ0) is 24.9. The second-order valence-electron chi connectivity index (χ2n) is 9.80. The van der Waals surface area contributed by atoms with Gasteiger partial charge in [-0.3, -0.25) is 9.69 Å². The number of likely N-dealkylation sites (tertiary alicyclic amines) is 1. The quantitative estimate of drug-likeness (QED) is 0.330. The van der Waals surface area contributed by atoms with Crippen LogP contribution in [0.2, 0.25) is 0 Å². The largest absolute Gasteiger partial charge is 0.356 e. The summed E-state index contributed by atoms with van der Waals surface area (Å²) in [5.41, 5.74) is 5.23. The number of fused-ring (bicyclic) bond motifs is 1. The highest BCUT2D eigenvalue weighted by Gasteiger charge is 2.21. The van der Waals surface area contributed by atoms with Crippen LogP contribution in [-0.2, 0) is 19.5 Å². The number of aromatic nitrogens is 1. The Morgan fingerprint density at radius 1 is 1.03 bits per heavy atom. The average Bonchev–Trinajstić information content (AvgIpc) is 3.32. The summed E-state index contributed by atoms with van der Waals surface area (Å²) in [7, 11) is 0. The lowest BCUT2D eigenvalue weighted by Crippen LogP contribution is -2.33. The van der Waals surface area contributed by atoms with Crippen molar-refractivity contribution >= 4 is 16.9 Å². The highest BCUT2D eigenvalue weighted by Crippen LogP contribution is 2.28. The third-order valence-electron chi connectivity index (χ3n) is 7.32. The van der Waals surface area contributed by atoms with Crippen molar-refractivity contribution in [3.05, 3.63) is 100 Å². The zero-order valence-corrected chi connectivity index (χ0v) is 20.7. The van der Waals surface area contributed by atoms with E-state index >= 15 is 0 Å². The zero-order valence-electron chi connectivity index (χ0n) is 20.7. The summed E-state index contributed by atoms with van der Waals surface area (Å²) >= 11 is 0. The lowest BCUT2D eigenvalue weighted by molar-refractivity contribution is 0.0950. The van der Waals surface area contributed by atoms with Crippen LogP contribution in [0.15, 0.2) is 71.3 Å². The minimum Gasteiger partial charge on any atom is -0.356 e. The molecule has 0 radical (unpaired) electrons. The van der Waals surface area contributed by atoms with Crippen LogP contribution in [0.5, 0.6) is 0 Å². The molecule has 0 atom stereocenters. The molecule has 1 fully saturated rings. The van der Waals surface area contributed by atoms with Gasteiger partial charge in [-0.25, -0.2) is 4.39 Å². The van der Waals surface area contributed by atoms with Crippen LogP contribution < -0.4 is 5.32 Å². The average molecular weight is 486 g/mol. The molecule has 0 unspecified atom stereocenters. The van der Waals surface area contributed by atoms with Gasteiger partial charge in [-0.2, -0.15) is 0 Å². The smallest absolute Gasteiger partial charge is 0.251 e. The van der Waals surface area contributed by atoms with Crippen molar-refractivity contribution < 1.29 is 13.7 Å². The van der Waals surface area contributed by atoms with Crippen molar-refractivity contribution in [3.63, 3.8) is 0 Å². The maximum Gasteiger partial charge on any atom is 0.251 e. The number of carbonyl (C=O) groups is 1. The third-order valence-corrected chi connectivity index (χ3v) is 7.32. The van der Waals surface area contributed by atoms with Gasteiger partial charge in [-0.05, 0) is 87.0 Å². The molecule has 5 nitrogen and oxygen atoms in total. The van der Waals surface area contributed by atoms with Crippen molar-refractivity contribution in [2.24, 2.45) is 5.92 Å². The van der Waals surface area contributed by atoms with E-state index in [4.69, 9.17) is 4.52 Å². The van der Waals surface area contributed by atoms with E-state index in [0.717, 1.165) is 54.7 Å². The summed E-state index contributed by atoms with van der Waals surface area (Å²) in [4.78, 5) is 15.3. The Morgan fingerprint density at radius 2 is 1.78 bits per heavy atom. The van der Waals surface area contributed by atoms with Crippen molar-refractivity contribution in [1.29, 1.82) is 0 Å². The van der Waals surface area contributed by atoms with E-state index in [1.54, 1.807) is 12.1 Å². The first-order valence-electron chi connectivity index (χ1n) is 12.7. The van der Waals surface area contributed by atoms with Gasteiger partial charge in [0, 0.05) is 29.6 Å². The Balaban J connectivity index is 1.15. The fourth-order valence-electron chi connectivity index (χ4n) is 5.11. The van der Waals surface area contributed by atoms with Crippen molar-refractivity contribution in [2.75, 3.05) is 13.1 Å². The second kappa shape index (κ2) is 11.0. The summed E-state index contributed by atoms with van der Waals surface area (Å²) in [6.07, 6.45) is 4.39. The number of hydrogen-bond acceptors (Lipinski definition) is 4. The molecule has 1 aliphatic heterocycles. The van der Waals surface area contributed by atoms with E-state index in [2.05, 4.69) is 45.7 Å². The molecule has 186 valence electrons. The highest BCUT2D eigenvalue weighted by molar-refractivity contribution is 6.00. The first-order chi connectivity index (χ1) is 17.6. The molecule has 1 aliphatic rings. The molecule has 0 aliphatic carbocycles. The molecule has 0 saturated carbocycles. The minimum atomic E-state index is -0.291. The number of aryl methyl sites for hydroxylation is 2. The Morgan fingerprint density at radius 3 is 2.53 bits per heavy atom. The van der Waals surface area contributed by atoms with E-state index in [1.807, 2.05) is 19.1 Å². The predicted octanol–water partition coefficient (Wildman–Crippen LogP) is 6.05. The van der Waals surface area contributed by atoms with Crippen LogP contribution in [0.4, 0.5) is 4.39 Å². The molecule has 1 amide bonds. The molecule has 0 spiro atoms. The lowest BCUT2D eigenvalue weighted by atomic mass is 9.90. The molecule has 1 aromatic heterocycles. The van der Waals surface area contributed by atoms with Crippen molar-refractivity contribution in [2.45, 2.75) is 45.7 Å². The van der Waals surface area contributed by atoms with Crippen LogP contribution in [0, 0.1) is 18.7 Å². The fourth-order valence-corrected chi connectivity index (χ4v) is 5.11. The van der Waals surface area contributed by atoms with Gasteiger partial charge in [0.05, 0.1) is 5.69 Å². The molecule has 0 bridgehead atoms. The number of benzene rings is 3. The number of hydrogen-bond donors (Lipinski definition) is 1. The van der Waals surface area contributed by atoms with Gasteiger partial charge in [0.2, 0.25) is 0 Å². The van der Waals surface area contributed by atoms with E-state index < -0.39 is 0 Å². The number of halogens is 1. The van der Waals surface area contributed by atoms with Gasteiger partial charge in [-0.15, -0.1) is 0 Å². The van der Waals surface area contributed by atoms with Gasteiger partial charge in [0.1, 0.15) is 5.82 Å². The van der Waals surface area contributed by atoms with Gasteiger partial charge in [0.15, 0.2) is 5.58 Å². The van der Waals surface area contributed by atoms with Gasteiger partial charge < -0.3 is 9.84 Å². The monoisotopic (exact) mass is 485 g/mol. The van der Waals surface area contributed by atoms with Crippen LogP contribution in [0.1, 0.15) is 52.0 Å². The SMILES string of the molecule is Cc1c(C(=O)NCc2ccc(F)cc2)ccc2c(CCC3CCN(Cc4ccccc4)CC3)noc12. The summed E-state index contributed by atoms with van der Waals surface area (Å²) < 4.78 is 18.8. The van der Waals surface area contributed by atoms with Gasteiger partial charge in [0.25, 0.3) is 5.91 Å². The van der Waals surface area contributed by atoms with Crippen LogP contribution in [0.25, 0.3) is 11.0 Å². The standard InChI is InChI=1S/C30H32FN3O2/c1-21-26(30(35)32-19-23-7-10-25(31)11-8-23)12-13-27-28(33-36-29(21)27)14-9-22-15-17-34(18-16-22)20-24-5-3-2-4-6-24/h2-8,10-13,22H,9,14-20H2,1H3,(H,32,35). The molecular formula is C30H32FN3O2. The molecule has 2 heterocycles.